The maximum absolute atomic E-state index is 11.0. The average Bonchev–Trinajstić information content (AvgIpc) is 2.71. The number of hydrogen-bond donors (Lipinski definition) is 0. The van der Waals surface area contributed by atoms with Crippen LogP contribution in [0.25, 0.3) is 0 Å². The lowest BCUT2D eigenvalue weighted by Gasteiger charge is -2.41. The maximum Gasteiger partial charge on any atom is 0.309 e. The van der Waals surface area contributed by atoms with Crippen LogP contribution >= 0.6 is 0 Å². The summed E-state index contributed by atoms with van der Waals surface area (Å²) in [4.78, 5) is 11.0. The SMILES string of the molecule is N#Cc1ccc(CCC2CCC(C3CCC(C4CC(=O)O4)CC3)CC2)cc1. The fraction of sp³-hybridized carbons (Fsp3) is 0.667. The number of rotatable bonds is 5. The highest BCUT2D eigenvalue weighted by Gasteiger charge is 2.39. The topological polar surface area (TPSA) is 50.1 Å². The van der Waals surface area contributed by atoms with Crippen molar-refractivity contribution in [1.82, 2.24) is 0 Å². The van der Waals surface area contributed by atoms with E-state index in [0.29, 0.717) is 12.3 Å². The zero-order chi connectivity index (χ0) is 18.6. The Kier molecular flexibility index (Phi) is 5.81. The van der Waals surface area contributed by atoms with Crippen LogP contribution in [0, 0.1) is 35.0 Å². The summed E-state index contributed by atoms with van der Waals surface area (Å²) >= 11 is 0. The number of benzene rings is 1. The van der Waals surface area contributed by atoms with E-state index in [1.165, 1.54) is 63.4 Å². The van der Waals surface area contributed by atoms with Gasteiger partial charge in [0.25, 0.3) is 0 Å². The van der Waals surface area contributed by atoms with Gasteiger partial charge in [0.05, 0.1) is 18.1 Å². The third-order valence-corrected chi connectivity index (χ3v) is 7.48. The number of carbonyl (C=O) groups excluding carboxylic acids is 1. The lowest BCUT2D eigenvalue weighted by molar-refractivity contribution is -0.176. The first-order valence-electron chi connectivity index (χ1n) is 10.9. The summed E-state index contributed by atoms with van der Waals surface area (Å²) in [6, 6.07) is 10.3. The van der Waals surface area contributed by atoms with Crippen LogP contribution in [0.15, 0.2) is 24.3 Å². The number of ether oxygens (including phenoxy) is 1. The van der Waals surface area contributed by atoms with Crippen molar-refractivity contribution in [3.8, 4) is 6.07 Å². The average molecular weight is 366 g/mol. The molecular weight excluding hydrogens is 334 g/mol. The van der Waals surface area contributed by atoms with Crippen molar-refractivity contribution in [3.05, 3.63) is 35.4 Å². The molecule has 1 aromatic carbocycles. The molecule has 2 aliphatic carbocycles. The molecule has 3 nitrogen and oxygen atoms in total. The highest BCUT2D eigenvalue weighted by molar-refractivity contribution is 5.75. The Morgan fingerprint density at radius 3 is 2.00 bits per heavy atom. The highest BCUT2D eigenvalue weighted by Crippen LogP contribution is 2.44. The van der Waals surface area contributed by atoms with Crippen LogP contribution < -0.4 is 0 Å². The van der Waals surface area contributed by atoms with Gasteiger partial charge in [-0.2, -0.15) is 5.26 Å². The van der Waals surface area contributed by atoms with Crippen molar-refractivity contribution in [2.45, 2.75) is 76.7 Å². The standard InChI is InChI=1S/C24H31NO2/c25-16-19-5-3-17(4-6-19)1-2-18-7-9-20(10-8-18)21-11-13-22(14-12-21)23-15-24(26)27-23/h3-6,18,20-23H,1-2,7-15H2. The third kappa shape index (κ3) is 4.54. The number of nitriles is 1. The van der Waals surface area contributed by atoms with Crippen molar-refractivity contribution < 1.29 is 9.53 Å². The molecule has 1 atom stereocenters. The zero-order valence-corrected chi connectivity index (χ0v) is 16.2. The van der Waals surface area contributed by atoms with Gasteiger partial charge in [-0.15, -0.1) is 0 Å². The van der Waals surface area contributed by atoms with Crippen LogP contribution in [0.3, 0.4) is 0 Å². The minimum atomic E-state index is 0.00134. The fourth-order valence-electron chi connectivity index (χ4n) is 5.64. The fourth-order valence-corrected chi connectivity index (χ4v) is 5.64. The summed E-state index contributed by atoms with van der Waals surface area (Å²) in [7, 11) is 0. The quantitative estimate of drug-likeness (QED) is 0.655. The molecule has 0 N–H and O–H groups in total. The first-order valence-corrected chi connectivity index (χ1v) is 10.9. The molecule has 3 aliphatic rings. The summed E-state index contributed by atoms with van der Waals surface area (Å²) in [6.45, 7) is 0. The second-order valence-electron chi connectivity index (χ2n) is 9.04. The van der Waals surface area contributed by atoms with Gasteiger partial charge in [0.2, 0.25) is 0 Å². The predicted octanol–water partition coefficient (Wildman–Crippen LogP) is 5.42. The monoisotopic (exact) mass is 365 g/mol. The van der Waals surface area contributed by atoms with Crippen molar-refractivity contribution in [2.24, 2.45) is 23.7 Å². The smallest absolute Gasteiger partial charge is 0.309 e. The molecule has 0 radical (unpaired) electrons. The first-order chi connectivity index (χ1) is 13.2. The molecule has 0 amide bonds. The highest BCUT2D eigenvalue weighted by atomic mass is 16.6. The normalized spacial score (nSPS) is 33.6. The number of nitrogens with zero attached hydrogens (tertiary/aromatic N) is 1. The molecule has 144 valence electrons. The summed E-state index contributed by atoms with van der Waals surface area (Å²) in [5, 5.41) is 8.89. The van der Waals surface area contributed by atoms with Gasteiger partial charge in [-0.3, -0.25) is 4.79 Å². The largest absolute Gasteiger partial charge is 0.461 e. The lowest BCUT2D eigenvalue weighted by atomic mass is 9.67. The number of aryl methyl sites for hydroxylation is 1. The van der Waals surface area contributed by atoms with Crippen molar-refractivity contribution in [2.75, 3.05) is 0 Å². The van der Waals surface area contributed by atoms with E-state index in [2.05, 4.69) is 18.2 Å². The summed E-state index contributed by atoms with van der Waals surface area (Å²) in [5.41, 5.74) is 2.12. The van der Waals surface area contributed by atoms with Gasteiger partial charge in [0.1, 0.15) is 6.10 Å². The van der Waals surface area contributed by atoms with Gasteiger partial charge in [-0.25, -0.2) is 0 Å². The number of cyclic esters (lactones) is 1. The molecule has 3 heteroatoms. The maximum atomic E-state index is 11.0. The van der Waals surface area contributed by atoms with E-state index in [9.17, 15) is 4.79 Å². The van der Waals surface area contributed by atoms with Crippen molar-refractivity contribution in [1.29, 1.82) is 5.26 Å². The third-order valence-electron chi connectivity index (χ3n) is 7.48. The van der Waals surface area contributed by atoms with E-state index in [1.807, 2.05) is 12.1 Å². The second kappa shape index (κ2) is 8.46. The molecule has 1 saturated heterocycles. The first kappa shape index (κ1) is 18.5. The summed E-state index contributed by atoms with van der Waals surface area (Å²) in [6.07, 6.45) is 14.2. The Morgan fingerprint density at radius 2 is 1.44 bits per heavy atom. The summed E-state index contributed by atoms with van der Waals surface area (Å²) in [5.74, 6) is 3.37. The van der Waals surface area contributed by atoms with Crippen LogP contribution in [0.4, 0.5) is 0 Å². The Morgan fingerprint density at radius 1 is 0.889 bits per heavy atom. The van der Waals surface area contributed by atoms with E-state index in [4.69, 9.17) is 10.00 Å². The van der Waals surface area contributed by atoms with Crippen LogP contribution in [0.2, 0.25) is 0 Å². The molecule has 1 aromatic rings. The molecule has 0 aromatic heterocycles. The Bertz CT molecular complexity index is 665. The van der Waals surface area contributed by atoms with E-state index in [-0.39, 0.29) is 12.1 Å². The molecule has 2 saturated carbocycles. The van der Waals surface area contributed by atoms with Crippen LogP contribution in [0.1, 0.15) is 75.3 Å². The van der Waals surface area contributed by atoms with E-state index in [0.717, 1.165) is 29.7 Å². The van der Waals surface area contributed by atoms with Crippen LogP contribution in [-0.4, -0.2) is 12.1 Å². The lowest BCUT2D eigenvalue weighted by Crippen LogP contribution is -2.41. The van der Waals surface area contributed by atoms with Gasteiger partial charge >= 0.3 is 5.97 Å². The van der Waals surface area contributed by atoms with E-state index < -0.39 is 0 Å². The van der Waals surface area contributed by atoms with Crippen molar-refractivity contribution >= 4 is 5.97 Å². The van der Waals surface area contributed by atoms with Gasteiger partial charge < -0.3 is 4.74 Å². The molecule has 3 fully saturated rings. The molecule has 1 aliphatic heterocycles. The number of carbonyl (C=O) groups is 1. The van der Waals surface area contributed by atoms with Gasteiger partial charge in [-0.1, -0.05) is 25.0 Å². The van der Waals surface area contributed by atoms with E-state index in [1.54, 1.807) is 0 Å². The summed E-state index contributed by atoms with van der Waals surface area (Å²) < 4.78 is 5.29. The molecule has 0 spiro atoms. The minimum Gasteiger partial charge on any atom is -0.461 e. The second-order valence-corrected chi connectivity index (χ2v) is 9.04. The van der Waals surface area contributed by atoms with E-state index >= 15 is 0 Å². The molecular formula is C24H31NO2. The number of esters is 1. The minimum absolute atomic E-state index is 0.00134. The molecule has 1 unspecified atom stereocenters. The molecule has 1 heterocycles. The molecule has 4 rings (SSSR count). The predicted molar refractivity (Wildman–Crippen MR) is 105 cm³/mol. The zero-order valence-electron chi connectivity index (χ0n) is 16.2. The van der Waals surface area contributed by atoms with Crippen molar-refractivity contribution in [3.63, 3.8) is 0 Å². The Balaban J connectivity index is 1.16. The van der Waals surface area contributed by atoms with Gasteiger partial charge in [0, 0.05) is 0 Å². The Hall–Kier alpha value is -1.82. The number of hydrogen-bond acceptors (Lipinski definition) is 3. The van der Waals surface area contributed by atoms with Crippen LogP contribution in [-0.2, 0) is 16.0 Å². The molecule has 0 bridgehead atoms. The molecule has 27 heavy (non-hydrogen) atoms. The van der Waals surface area contributed by atoms with Crippen LogP contribution in [0.5, 0.6) is 0 Å². The van der Waals surface area contributed by atoms with Gasteiger partial charge in [-0.05, 0) is 92.7 Å². The van der Waals surface area contributed by atoms with Gasteiger partial charge in [0.15, 0.2) is 0 Å². The Labute approximate surface area is 163 Å².